The van der Waals surface area contributed by atoms with Crippen LogP contribution in [0.2, 0.25) is 0 Å². The first-order valence-electron chi connectivity index (χ1n) is 8.80. The van der Waals surface area contributed by atoms with Crippen LogP contribution in [0.5, 0.6) is 5.75 Å². The van der Waals surface area contributed by atoms with E-state index in [1.54, 1.807) is 0 Å². The van der Waals surface area contributed by atoms with Gasteiger partial charge >= 0.3 is 0 Å². The van der Waals surface area contributed by atoms with E-state index < -0.39 is 5.41 Å². The average Bonchev–Trinajstić information content (AvgIpc) is 2.59. The molecule has 2 N–H and O–H groups in total. The number of carbonyl (C=O) groups is 1. The summed E-state index contributed by atoms with van der Waals surface area (Å²) >= 11 is 0. The lowest BCUT2D eigenvalue weighted by molar-refractivity contribution is -0.125. The van der Waals surface area contributed by atoms with Crippen LogP contribution in [0.25, 0.3) is 0 Å². The first-order chi connectivity index (χ1) is 11.4. The maximum absolute atomic E-state index is 12.6. The normalized spacial score (nSPS) is 15.1. The number of hydrogen-bond acceptors (Lipinski definition) is 3. The highest BCUT2D eigenvalue weighted by atomic mass is 16.5. The first-order valence-corrected chi connectivity index (χ1v) is 8.80. The highest BCUT2D eigenvalue weighted by Crippen LogP contribution is 2.26. The van der Waals surface area contributed by atoms with Crippen molar-refractivity contribution in [2.45, 2.75) is 39.5 Å². The Hall–Kier alpha value is -1.81. The van der Waals surface area contributed by atoms with E-state index >= 15 is 0 Å². The van der Waals surface area contributed by atoms with Gasteiger partial charge in [0.05, 0.1) is 12.0 Å². The highest BCUT2D eigenvalue weighted by molar-refractivity contribution is 5.87. The smallest absolute Gasteiger partial charge is 0.230 e. The predicted molar refractivity (Wildman–Crippen MR) is 98.4 cm³/mol. The van der Waals surface area contributed by atoms with Gasteiger partial charge in [-0.05, 0) is 50.4 Å². The minimum atomic E-state index is -0.565. The molecule has 1 aliphatic heterocycles. The monoisotopic (exact) mass is 330 g/mol. The van der Waals surface area contributed by atoms with Gasteiger partial charge < -0.3 is 15.4 Å². The van der Waals surface area contributed by atoms with Crippen molar-refractivity contribution in [1.82, 2.24) is 10.6 Å². The summed E-state index contributed by atoms with van der Waals surface area (Å²) in [4.78, 5) is 12.6. The lowest BCUT2D eigenvalue weighted by Gasteiger charge is -2.25. The van der Waals surface area contributed by atoms with Crippen molar-refractivity contribution in [2.24, 2.45) is 5.92 Å². The summed E-state index contributed by atoms with van der Waals surface area (Å²) in [6, 6.07) is 7.86. The Balaban J connectivity index is 1.94. The summed E-state index contributed by atoms with van der Waals surface area (Å²) in [5.74, 6) is 1.40. The molecule has 1 aromatic rings. The van der Waals surface area contributed by atoms with E-state index in [9.17, 15) is 4.79 Å². The van der Waals surface area contributed by atoms with Gasteiger partial charge in [0.2, 0.25) is 5.91 Å². The minimum Gasteiger partial charge on any atom is -0.493 e. The van der Waals surface area contributed by atoms with Crippen LogP contribution < -0.4 is 15.4 Å². The first kappa shape index (κ1) is 18.5. The Labute approximate surface area is 145 Å². The van der Waals surface area contributed by atoms with Gasteiger partial charge in [-0.3, -0.25) is 4.79 Å². The van der Waals surface area contributed by atoms with Gasteiger partial charge in [0.25, 0.3) is 0 Å². The Morgan fingerprint density at radius 1 is 1.29 bits per heavy atom. The van der Waals surface area contributed by atoms with E-state index in [1.807, 2.05) is 38.1 Å². The summed E-state index contributed by atoms with van der Waals surface area (Å²) in [5.41, 5.74) is 1.73. The molecule has 4 heteroatoms. The topological polar surface area (TPSA) is 50.4 Å². The SMILES string of the molecule is CC(C)COc1ccc(C(C)(C)C(=O)NCC2=CCNCC2)cc1. The van der Waals surface area contributed by atoms with Gasteiger partial charge in [-0.2, -0.15) is 0 Å². The molecule has 0 radical (unpaired) electrons. The third-order valence-electron chi connectivity index (χ3n) is 4.36. The van der Waals surface area contributed by atoms with E-state index in [2.05, 4.69) is 30.6 Å². The Morgan fingerprint density at radius 3 is 2.58 bits per heavy atom. The Bertz CT molecular complexity index is 574. The number of hydrogen-bond donors (Lipinski definition) is 2. The summed E-state index contributed by atoms with van der Waals surface area (Å²) in [6.45, 7) is 11.4. The molecule has 0 saturated heterocycles. The van der Waals surface area contributed by atoms with Gasteiger partial charge in [0, 0.05) is 13.1 Å². The van der Waals surface area contributed by atoms with E-state index in [4.69, 9.17) is 4.74 Å². The molecule has 1 aromatic carbocycles. The van der Waals surface area contributed by atoms with Crippen molar-refractivity contribution in [3.63, 3.8) is 0 Å². The molecule has 1 aliphatic rings. The van der Waals surface area contributed by atoms with Gasteiger partial charge in [-0.15, -0.1) is 0 Å². The molecule has 0 fully saturated rings. The molecular weight excluding hydrogens is 300 g/mol. The molecule has 0 bridgehead atoms. The standard InChI is InChI=1S/C20H30N2O2/c1-15(2)14-24-18-7-5-17(6-8-18)20(3,4)19(23)22-13-16-9-11-21-12-10-16/h5-9,15,21H,10-14H2,1-4H3,(H,22,23). The number of nitrogens with one attached hydrogen (secondary N) is 2. The fourth-order valence-electron chi connectivity index (χ4n) is 2.61. The summed E-state index contributed by atoms with van der Waals surface area (Å²) in [5, 5.41) is 6.36. The summed E-state index contributed by atoms with van der Waals surface area (Å²) in [6.07, 6.45) is 3.17. The van der Waals surface area contributed by atoms with Crippen molar-refractivity contribution < 1.29 is 9.53 Å². The van der Waals surface area contributed by atoms with Crippen LogP contribution in [0.1, 0.15) is 39.7 Å². The van der Waals surface area contributed by atoms with Crippen LogP contribution >= 0.6 is 0 Å². The molecule has 2 rings (SSSR count). The zero-order chi connectivity index (χ0) is 17.6. The zero-order valence-electron chi connectivity index (χ0n) is 15.3. The maximum Gasteiger partial charge on any atom is 0.230 e. The van der Waals surface area contributed by atoms with E-state index in [0.717, 1.165) is 30.8 Å². The van der Waals surface area contributed by atoms with Crippen molar-refractivity contribution in [3.05, 3.63) is 41.5 Å². The van der Waals surface area contributed by atoms with Gasteiger partial charge in [-0.25, -0.2) is 0 Å². The average molecular weight is 330 g/mol. The quantitative estimate of drug-likeness (QED) is 0.756. The number of rotatable bonds is 7. The molecule has 0 spiro atoms. The molecule has 0 aliphatic carbocycles. The number of amides is 1. The second-order valence-corrected chi connectivity index (χ2v) is 7.35. The second kappa shape index (κ2) is 8.34. The fraction of sp³-hybridized carbons (Fsp3) is 0.550. The Morgan fingerprint density at radius 2 is 2.00 bits per heavy atom. The molecule has 132 valence electrons. The Kier molecular flexibility index (Phi) is 6.44. The molecule has 0 unspecified atom stereocenters. The fourth-order valence-corrected chi connectivity index (χ4v) is 2.61. The molecule has 0 aromatic heterocycles. The minimum absolute atomic E-state index is 0.0535. The van der Waals surface area contributed by atoms with Crippen LogP contribution in [-0.4, -0.2) is 32.1 Å². The van der Waals surface area contributed by atoms with Gasteiger partial charge in [-0.1, -0.05) is 37.6 Å². The largest absolute Gasteiger partial charge is 0.493 e. The second-order valence-electron chi connectivity index (χ2n) is 7.35. The van der Waals surface area contributed by atoms with Crippen molar-refractivity contribution in [3.8, 4) is 5.75 Å². The van der Waals surface area contributed by atoms with Crippen LogP contribution in [0.3, 0.4) is 0 Å². The number of benzene rings is 1. The molecule has 1 heterocycles. The number of ether oxygens (including phenoxy) is 1. The van der Waals surface area contributed by atoms with Gasteiger partial charge in [0.1, 0.15) is 5.75 Å². The third-order valence-corrected chi connectivity index (χ3v) is 4.36. The van der Waals surface area contributed by atoms with Crippen LogP contribution in [0, 0.1) is 5.92 Å². The van der Waals surface area contributed by atoms with Gasteiger partial charge in [0.15, 0.2) is 0 Å². The molecule has 4 nitrogen and oxygen atoms in total. The molecular formula is C20H30N2O2. The van der Waals surface area contributed by atoms with E-state index in [0.29, 0.717) is 19.1 Å². The van der Waals surface area contributed by atoms with Crippen LogP contribution in [0.15, 0.2) is 35.9 Å². The predicted octanol–water partition coefficient (Wildman–Crippen LogP) is 3.03. The van der Waals surface area contributed by atoms with Crippen molar-refractivity contribution in [2.75, 3.05) is 26.2 Å². The van der Waals surface area contributed by atoms with E-state index in [1.165, 1.54) is 5.57 Å². The molecule has 1 amide bonds. The summed E-state index contributed by atoms with van der Waals surface area (Å²) < 4.78 is 5.71. The van der Waals surface area contributed by atoms with E-state index in [-0.39, 0.29) is 5.91 Å². The lowest BCUT2D eigenvalue weighted by Crippen LogP contribution is -2.41. The van der Waals surface area contributed by atoms with Crippen molar-refractivity contribution >= 4 is 5.91 Å². The third kappa shape index (κ3) is 5.10. The van der Waals surface area contributed by atoms with Crippen LogP contribution in [-0.2, 0) is 10.2 Å². The zero-order valence-corrected chi connectivity index (χ0v) is 15.3. The number of carbonyl (C=O) groups excluding carboxylic acids is 1. The van der Waals surface area contributed by atoms with Crippen molar-refractivity contribution in [1.29, 1.82) is 0 Å². The molecule has 24 heavy (non-hydrogen) atoms. The molecule has 0 saturated carbocycles. The molecule has 0 atom stereocenters. The summed E-state index contributed by atoms with van der Waals surface area (Å²) in [7, 11) is 0. The lowest BCUT2D eigenvalue weighted by atomic mass is 9.83. The van der Waals surface area contributed by atoms with Crippen LogP contribution in [0.4, 0.5) is 0 Å². The maximum atomic E-state index is 12.6. The highest BCUT2D eigenvalue weighted by Gasteiger charge is 2.29.